The predicted octanol–water partition coefficient (Wildman–Crippen LogP) is 3.35. The van der Waals surface area contributed by atoms with Gasteiger partial charge in [-0.1, -0.05) is 24.3 Å². The first-order valence-electron chi connectivity index (χ1n) is 8.12. The maximum Gasteiger partial charge on any atom is 0.225 e. The quantitative estimate of drug-likeness (QED) is 0.942. The monoisotopic (exact) mass is 310 g/mol. The van der Waals surface area contributed by atoms with E-state index < -0.39 is 0 Å². The molecule has 1 fully saturated rings. The lowest BCUT2D eigenvalue weighted by Gasteiger charge is -2.23. The minimum Gasteiger partial charge on any atom is -0.381 e. The number of carbonyl (C=O) groups is 1. The second-order valence-electron chi connectivity index (χ2n) is 6.00. The van der Waals surface area contributed by atoms with E-state index in [1.165, 1.54) is 0 Å². The van der Waals surface area contributed by atoms with Gasteiger partial charge in [0.25, 0.3) is 0 Å². The number of benzene rings is 1. The zero-order chi connectivity index (χ0) is 16.1. The van der Waals surface area contributed by atoms with Crippen LogP contribution in [0.25, 0.3) is 11.1 Å². The van der Waals surface area contributed by atoms with Crippen LogP contribution >= 0.6 is 0 Å². The molecule has 1 aliphatic heterocycles. The van der Waals surface area contributed by atoms with E-state index in [9.17, 15) is 4.79 Å². The molecule has 0 aliphatic carbocycles. The summed E-state index contributed by atoms with van der Waals surface area (Å²) in [5.41, 5.74) is 3.39. The summed E-state index contributed by atoms with van der Waals surface area (Å²) in [7, 11) is 0. The van der Waals surface area contributed by atoms with Crippen LogP contribution in [0.4, 0.5) is 0 Å². The summed E-state index contributed by atoms with van der Waals surface area (Å²) in [5.74, 6) is 0.0812. The lowest BCUT2D eigenvalue weighted by Crippen LogP contribution is -2.36. The fourth-order valence-corrected chi connectivity index (χ4v) is 2.87. The van der Waals surface area contributed by atoms with Gasteiger partial charge in [-0.3, -0.25) is 9.78 Å². The van der Waals surface area contributed by atoms with E-state index in [1.807, 2.05) is 19.1 Å². The number of nitrogens with one attached hydrogen (secondary N) is 1. The lowest BCUT2D eigenvalue weighted by atomic mass is 9.99. The van der Waals surface area contributed by atoms with Crippen molar-refractivity contribution in [2.75, 3.05) is 13.2 Å². The number of carbonyl (C=O) groups excluding carboxylic acids is 1. The van der Waals surface area contributed by atoms with Gasteiger partial charge in [-0.15, -0.1) is 0 Å². The van der Waals surface area contributed by atoms with E-state index in [4.69, 9.17) is 4.74 Å². The van der Waals surface area contributed by atoms with Crippen LogP contribution in [0.1, 0.15) is 31.4 Å². The summed E-state index contributed by atoms with van der Waals surface area (Å²) in [4.78, 5) is 16.3. The summed E-state index contributed by atoms with van der Waals surface area (Å²) >= 11 is 0. The van der Waals surface area contributed by atoms with E-state index in [0.717, 1.165) is 36.1 Å². The highest BCUT2D eigenvalue weighted by molar-refractivity contribution is 5.79. The van der Waals surface area contributed by atoms with E-state index in [0.29, 0.717) is 6.61 Å². The Kier molecular flexibility index (Phi) is 5.03. The van der Waals surface area contributed by atoms with Crippen LogP contribution in [0.2, 0.25) is 0 Å². The fourth-order valence-electron chi connectivity index (χ4n) is 2.87. The van der Waals surface area contributed by atoms with E-state index in [-0.39, 0.29) is 17.9 Å². The normalized spacial score (nSPS) is 19.1. The molecule has 0 bridgehead atoms. The van der Waals surface area contributed by atoms with Crippen LogP contribution in [0.3, 0.4) is 0 Å². The van der Waals surface area contributed by atoms with Gasteiger partial charge in [-0.25, -0.2) is 0 Å². The highest BCUT2D eigenvalue weighted by Crippen LogP contribution is 2.22. The molecule has 2 atom stereocenters. The molecule has 1 aromatic heterocycles. The van der Waals surface area contributed by atoms with Crippen molar-refractivity contribution in [1.82, 2.24) is 10.3 Å². The number of rotatable bonds is 4. The molecule has 120 valence electrons. The summed E-state index contributed by atoms with van der Waals surface area (Å²) in [5, 5.41) is 3.10. The van der Waals surface area contributed by atoms with Crippen LogP contribution in [0, 0.1) is 5.92 Å². The third-order valence-electron chi connectivity index (χ3n) is 4.31. The van der Waals surface area contributed by atoms with Crippen molar-refractivity contribution in [1.29, 1.82) is 0 Å². The summed E-state index contributed by atoms with van der Waals surface area (Å²) in [6.45, 7) is 3.33. The zero-order valence-electron chi connectivity index (χ0n) is 13.4. The summed E-state index contributed by atoms with van der Waals surface area (Å²) in [6.07, 6.45) is 5.46. The van der Waals surface area contributed by atoms with E-state index in [2.05, 4.69) is 34.6 Å². The van der Waals surface area contributed by atoms with Gasteiger partial charge in [0.05, 0.1) is 18.6 Å². The highest BCUT2D eigenvalue weighted by Gasteiger charge is 2.23. The molecule has 2 heterocycles. The van der Waals surface area contributed by atoms with Gasteiger partial charge in [0.2, 0.25) is 5.91 Å². The average Bonchev–Trinajstić information content (AvgIpc) is 2.63. The van der Waals surface area contributed by atoms with Crippen LogP contribution in [-0.4, -0.2) is 24.1 Å². The van der Waals surface area contributed by atoms with Gasteiger partial charge in [-0.05, 0) is 48.6 Å². The number of nitrogens with zero attached hydrogens (tertiary/aromatic N) is 1. The van der Waals surface area contributed by atoms with Crippen molar-refractivity contribution in [2.24, 2.45) is 5.92 Å². The first-order chi connectivity index (χ1) is 11.2. The largest absolute Gasteiger partial charge is 0.381 e. The van der Waals surface area contributed by atoms with Crippen LogP contribution in [-0.2, 0) is 9.53 Å². The Balaban J connectivity index is 1.63. The van der Waals surface area contributed by atoms with Gasteiger partial charge in [0.15, 0.2) is 0 Å². The van der Waals surface area contributed by atoms with Crippen molar-refractivity contribution in [3.63, 3.8) is 0 Å². The highest BCUT2D eigenvalue weighted by atomic mass is 16.5. The molecule has 4 heteroatoms. The molecular weight excluding hydrogens is 288 g/mol. The average molecular weight is 310 g/mol. The van der Waals surface area contributed by atoms with Crippen molar-refractivity contribution in [3.05, 3.63) is 54.4 Å². The Morgan fingerprint density at radius 2 is 1.87 bits per heavy atom. The van der Waals surface area contributed by atoms with Gasteiger partial charge >= 0.3 is 0 Å². The van der Waals surface area contributed by atoms with Crippen LogP contribution in [0.5, 0.6) is 0 Å². The molecule has 23 heavy (non-hydrogen) atoms. The maximum absolute atomic E-state index is 12.3. The molecule has 0 spiro atoms. The third kappa shape index (κ3) is 3.96. The predicted molar refractivity (Wildman–Crippen MR) is 89.8 cm³/mol. The van der Waals surface area contributed by atoms with Gasteiger partial charge in [0, 0.05) is 19.0 Å². The standard InChI is InChI=1S/C19H22N2O2/c1-14(21-19(22)18-3-2-12-23-13-18)15-4-6-16(7-5-15)17-8-10-20-11-9-17/h4-11,14,18H,2-3,12-13H2,1H3,(H,21,22)/t14-,18+/m1/s1. The van der Waals surface area contributed by atoms with Crippen LogP contribution in [0.15, 0.2) is 48.8 Å². The molecule has 1 amide bonds. The second kappa shape index (κ2) is 7.38. The number of aromatic nitrogens is 1. The maximum atomic E-state index is 12.3. The molecule has 1 aliphatic rings. The lowest BCUT2D eigenvalue weighted by molar-refractivity contribution is -0.129. The smallest absolute Gasteiger partial charge is 0.225 e. The van der Waals surface area contributed by atoms with Crippen molar-refractivity contribution >= 4 is 5.91 Å². The molecular formula is C19H22N2O2. The SMILES string of the molecule is C[C@@H](NC(=O)[C@H]1CCCOC1)c1ccc(-c2ccncc2)cc1. The van der Waals surface area contributed by atoms with Gasteiger partial charge < -0.3 is 10.1 Å². The Morgan fingerprint density at radius 1 is 1.17 bits per heavy atom. The summed E-state index contributed by atoms with van der Waals surface area (Å²) < 4.78 is 5.39. The Morgan fingerprint density at radius 3 is 2.52 bits per heavy atom. The Bertz CT molecular complexity index is 634. The molecule has 4 nitrogen and oxygen atoms in total. The molecule has 2 aromatic rings. The van der Waals surface area contributed by atoms with Crippen molar-refractivity contribution < 1.29 is 9.53 Å². The minimum absolute atomic E-state index is 0.00378. The van der Waals surface area contributed by atoms with Gasteiger partial charge in [0.1, 0.15) is 0 Å². The van der Waals surface area contributed by atoms with E-state index in [1.54, 1.807) is 12.4 Å². The number of amides is 1. The number of pyridine rings is 1. The molecule has 3 rings (SSSR count). The molecule has 0 radical (unpaired) electrons. The molecule has 0 saturated carbocycles. The molecule has 1 N–H and O–H groups in total. The second-order valence-corrected chi connectivity index (χ2v) is 6.00. The first-order valence-corrected chi connectivity index (χ1v) is 8.12. The number of hydrogen-bond acceptors (Lipinski definition) is 3. The number of ether oxygens (including phenoxy) is 1. The third-order valence-corrected chi connectivity index (χ3v) is 4.31. The zero-order valence-corrected chi connectivity index (χ0v) is 13.4. The molecule has 1 aromatic carbocycles. The first kappa shape index (κ1) is 15.7. The van der Waals surface area contributed by atoms with Crippen molar-refractivity contribution in [2.45, 2.75) is 25.8 Å². The Labute approximate surface area is 136 Å². The number of hydrogen-bond donors (Lipinski definition) is 1. The molecule has 0 unspecified atom stereocenters. The topological polar surface area (TPSA) is 51.2 Å². The summed E-state index contributed by atoms with van der Waals surface area (Å²) in [6, 6.07) is 12.3. The van der Waals surface area contributed by atoms with Crippen LogP contribution < -0.4 is 5.32 Å². The van der Waals surface area contributed by atoms with Crippen molar-refractivity contribution in [3.8, 4) is 11.1 Å². The Hall–Kier alpha value is -2.20. The molecule has 1 saturated heterocycles. The van der Waals surface area contributed by atoms with Gasteiger partial charge in [-0.2, -0.15) is 0 Å². The fraction of sp³-hybridized carbons (Fsp3) is 0.368. The minimum atomic E-state index is -0.0118. The van der Waals surface area contributed by atoms with E-state index >= 15 is 0 Å².